The summed E-state index contributed by atoms with van der Waals surface area (Å²) in [6.07, 6.45) is 0.817. The number of anilines is 1. The normalized spacial score (nSPS) is 10.2. The fraction of sp³-hybridized carbons (Fsp3) is 0.263. The number of amides is 2. The zero-order valence-corrected chi connectivity index (χ0v) is 14.6. The first-order valence-electron chi connectivity index (χ1n) is 7.99. The molecule has 2 amide bonds. The van der Waals surface area contributed by atoms with Crippen molar-refractivity contribution in [1.82, 2.24) is 0 Å². The molecule has 2 aromatic rings. The number of rotatable bonds is 7. The molecule has 3 N–H and O–H groups in total. The van der Waals surface area contributed by atoms with Gasteiger partial charge in [0.05, 0.1) is 19.3 Å². The van der Waals surface area contributed by atoms with Gasteiger partial charge in [0.15, 0.2) is 0 Å². The molecule has 0 saturated heterocycles. The van der Waals surface area contributed by atoms with Gasteiger partial charge in [0.2, 0.25) is 5.91 Å². The summed E-state index contributed by atoms with van der Waals surface area (Å²) in [4.78, 5) is 24.0. The molecule has 0 fully saturated rings. The van der Waals surface area contributed by atoms with Crippen LogP contribution in [0.2, 0.25) is 0 Å². The van der Waals surface area contributed by atoms with Crippen molar-refractivity contribution in [2.45, 2.75) is 20.3 Å². The number of ether oxygens (including phenoxy) is 2. The van der Waals surface area contributed by atoms with Gasteiger partial charge in [-0.05, 0) is 43.2 Å². The molecular formula is C19H22N2O4. The third-order valence-electron chi connectivity index (χ3n) is 3.67. The minimum absolute atomic E-state index is 0.332. The summed E-state index contributed by atoms with van der Waals surface area (Å²) in [5, 5.41) is 2.81. The second-order valence-corrected chi connectivity index (χ2v) is 5.56. The number of primary amides is 1. The van der Waals surface area contributed by atoms with Crippen LogP contribution in [0.1, 0.15) is 39.6 Å². The summed E-state index contributed by atoms with van der Waals surface area (Å²) in [6.45, 7) is 4.31. The molecule has 2 aromatic carbocycles. The molecule has 2 rings (SSSR count). The Hall–Kier alpha value is -3.02. The molecular weight excluding hydrogens is 320 g/mol. The Morgan fingerprint density at radius 2 is 1.92 bits per heavy atom. The molecule has 0 unspecified atom stereocenters. The van der Waals surface area contributed by atoms with Crippen molar-refractivity contribution in [3.05, 3.63) is 53.1 Å². The molecule has 0 aliphatic carbocycles. The van der Waals surface area contributed by atoms with E-state index in [4.69, 9.17) is 15.2 Å². The van der Waals surface area contributed by atoms with E-state index < -0.39 is 5.91 Å². The lowest BCUT2D eigenvalue weighted by Crippen LogP contribution is -2.16. The number of hydrogen-bond acceptors (Lipinski definition) is 4. The van der Waals surface area contributed by atoms with Crippen LogP contribution in [0.3, 0.4) is 0 Å². The van der Waals surface area contributed by atoms with Crippen molar-refractivity contribution in [3.8, 4) is 11.5 Å². The van der Waals surface area contributed by atoms with Gasteiger partial charge in [0.1, 0.15) is 11.5 Å². The molecule has 0 spiro atoms. The zero-order valence-electron chi connectivity index (χ0n) is 14.6. The average molecular weight is 342 g/mol. The molecule has 25 heavy (non-hydrogen) atoms. The van der Waals surface area contributed by atoms with E-state index in [0.717, 1.165) is 12.0 Å². The second-order valence-electron chi connectivity index (χ2n) is 5.56. The highest BCUT2D eigenvalue weighted by atomic mass is 16.5. The van der Waals surface area contributed by atoms with Crippen LogP contribution in [-0.2, 0) is 0 Å². The maximum Gasteiger partial charge on any atom is 0.259 e. The molecule has 0 aliphatic rings. The third-order valence-corrected chi connectivity index (χ3v) is 3.67. The number of benzene rings is 2. The summed E-state index contributed by atoms with van der Waals surface area (Å²) in [5.74, 6) is 0.169. The Morgan fingerprint density at radius 3 is 2.56 bits per heavy atom. The molecule has 132 valence electrons. The molecule has 0 atom stereocenters. The van der Waals surface area contributed by atoms with E-state index >= 15 is 0 Å². The highest BCUT2D eigenvalue weighted by Crippen LogP contribution is 2.27. The molecule has 0 saturated carbocycles. The first-order valence-corrected chi connectivity index (χ1v) is 7.99. The fourth-order valence-electron chi connectivity index (χ4n) is 2.25. The third kappa shape index (κ3) is 4.50. The van der Waals surface area contributed by atoms with Gasteiger partial charge in [-0.15, -0.1) is 0 Å². The molecule has 0 aliphatic heterocycles. The smallest absolute Gasteiger partial charge is 0.259 e. The Labute approximate surface area is 146 Å². The van der Waals surface area contributed by atoms with E-state index in [-0.39, 0.29) is 5.91 Å². The number of carbonyl (C=O) groups excluding carboxylic acids is 2. The summed E-state index contributed by atoms with van der Waals surface area (Å²) < 4.78 is 10.9. The predicted molar refractivity (Wildman–Crippen MR) is 96.4 cm³/mol. The Balaban J connectivity index is 2.31. The predicted octanol–water partition coefficient (Wildman–Crippen LogP) is 3.14. The van der Waals surface area contributed by atoms with Crippen LogP contribution in [0.15, 0.2) is 36.4 Å². The van der Waals surface area contributed by atoms with Gasteiger partial charge in [-0.3, -0.25) is 9.59 Å². The summed E-state index contributed by atoms with van der Waals surface area (Å²) >= 11 is 0. The quantitative estimate of drug-likeness (QED) is 0.809. The lowest BCUT2D eigenvalue weighted by Gasteiger charge is -2.14. The Kier molecular flexibility index (Phi) is 6.00. The number of methoxy groups -OCH3 is 1. The lowest BCUT2D eigenvalue weighted by molar-refractivity contribution is 0.0995. The summed E-state index contributed by atoms with van der Waals surface area (Å²) in [7, 11) is 1.55. The van der Waals surface area contributed by atoms with E-state index in [0.29, 0.717) is 34.9 Å². The molecule has 0 aromatic heterocycles. The largest absolute Gasteiger partial charge is 0.497 e. The van der Waals surface area contributed by atoms with Crippen molar-refractivity contribution in [3.63, 3.8) is 0 Å². The first-order chi connectivity index (χ1) is 12.0. The molecule has 0 radical (unpaired) electrons. The van der Waals surface area contributed by atoms with Crippen LogP contribution in [0.4, 0.5) is 5.69 Å². The monoisotopic (exact) mass is 342 g/mol. The average Bonchev–Trinajstić information content (AvgIpc) is 2.61. The van der Waals surface area contributed by atoms with E-state index in [1.807, 2.05) is 13.8 Å². The van der Waals surface area contributed by atoms with Crippen molar-refractivity contribution < 1.29 is 19.1 Å². The highest BCUT2D eigenvalue weighted by molar-refractivity contribution is 6.07. The van der Waals surface area contributed by atoms with E-state index in [1.54, 1.807) is 43.5 Å². The van der Waals surface area contributed by atoms with Crippen LogP contribution < -0.4 is 20.5 Å². The van der Waals surface area contributed by atoms with Crippen molar-refractivity contribution in [1.29, 1.82) is 0 Å². The van der Waals surface area contributed by atoms with E-state index in [1.165, 1.54) is 0 Å². The zero-order chi connectivity index (χ0) is 18.4. The van der Waals surface area contributed by atoms with Crippen molar-refractivity contribution in [2.75, 3.05) is 19.0 Å². The van der Waals surface area contributed by atoms with Crippen LogP contribution >= 0.6 is 0 Å². The molecule has 0 bridgehead atoms. The van der Waals surface area contributed by atoms with Gasteiger partial charge in [0, 0.05) is 17.3 Å². The lowest BCUT2D eigenvalue weighted by atomic mass is 10.1. The Morgan fingerprint density at radius 1 is 1.16 bits per heavy atom. The number of hydrogen-bond donors (Lipinski definition) is 2. The maximum atomic E-state index is 12.7. The SMILES string of the molecule is CCCOc1cc(OC)ccc1C(=O)Nc1cc(C(N)=O)ccc1C. The van der Waals surface area contributed by atoms with Gasteiger partial charge in [-0.1, -0.05) is 13.0 Å². The fourth-order valence-corrected chi connectivity index (χ4v) is 2.25. The van der Waals surface area contributed by atoms with Crippen molar-refractivity contribution >= 4 is 17.5 Å². The standard InChI is InChI=1S/C19H22N2O4/c1-4-9-25-17-11-14(24-3)7-8-15(17)19(23)21-16-10-13(18(20)22)6-5-12(16)2/h5-8,10-11H,4,9H2,1-3H3,(H2,20,22)(H,21,23). The summed E-state index contributed by atoms with van der Waals surface area (Å²) in [5.41, 5.74) is 7.37. The van der Waals surface area contributed by atoms with Crippen LogP contribution in [0.5, 0.6) is 11.5 Å². The first kappa shape index (κ1) is 18.3. The van der Waals surface area contributed by atoms with Gasteiger partial charge in [0.25, 0.3) is 5.91 Å². The Bertz CT molecular complexity index is 787. The minimum atomic E-state index is -0.549. The maximum absolute atomic E-state index is 12.7. The highest BCUT2D eigenvalue weighted by Gasteiger charge is 2.16. The molecule has 6 heteroatoms. The van der Waals surface area contributed by atoms with Gasteiger partial charge in [-0.25, -0.2) is 0 Å². The van der Waals surface area contributed by atoms with Crippen LogP contribution in [-0.4, -0.2) is 25.5 Å². The number of aryl methyl sites for hydroxylation is 1. The number of nitrogens with two attached hydrogens (primary N) is 1. The minimum Gasteiger partial charge on any atom is -0.497 e. The number of carbonyl (C=O) groups is 2. The van der Waals surface area contributed by atoms with Gasteiger partial charge < -0.3 is 20.5 Å². The van der Waals surface area contributed by atoms with Gasteiger partial charge in [-0.2, -0.15) is 0 Å². The van der Waals surface area contributed by atoms with Gasteiger partial charge >= 0.3 is 0 Å². The topological polar surface area (TPSA) is 90.7 Å². The van der Waals surface area contributed by atoms with Crippen LogP contribution in [0.25, 0.3) is 0 Å². The summed E-state index contributed by atoms with van der Waals surface area (Å²) in [6, 6.07) is 9.93. The van der Waals surface area contributed by atoms with Crippen LogP contribution in [0, 0.1) is 6.92 Å². The van der Waals surface area contributed by atoms with Crippen molar-refractivity contribution in [2.24, 2.45) is 5.73 Å². The molecule has 6 nitrogen and oxygen atoms in total. The van der Waals surface area contributed by atoms with E-state index in [9.17, 15) is 9.59 Å². The molecule has 0 heterocycles. The second kappa shape index (κ2) is 8.19. The van der Waals surface area contributed by atoms with E-state index in [2.05, 4.69) is 5.32 Å². The number of nitrogens with one attached hydrogen (secondary N) is 1.